The number of likely N-dealkylation sites (tertiary alicyclic amines) is 1. The van der Waals surface area contributed by atoms with Crippen LogP contribution in [0.25, 0.3) is 0 Å². The number of hydrogen-bond acceptors (Lipinski definition) is 7. The molecule has 4 heterocycles. The van der Waals surface area contributed by atoms with E-state index < -0.39 is 23.5 Å². The van der Waals surface area contributed by atoms with E-state index in [0.29, 0.717) is 41.8 Å². The summed E-state index contributed by atoms with van der Waals surface area (Å²) in [6.45, 7) is 1.00. The molecular formula is C25H24N2O7. The topological polar surface area (TPSA) is 95.6 Å². The number of fused-ring (bicyclic) bond motifs is 2. The Hall–Kier alpha value is -3.72. The third-order valence-electron chi connectivity index (χ3n) is 6.94. The number of methoxy groups -OCH3 is 2. The molecule has 4 aliphatic rings. The minimum absolute atomic E-state index is 0.0861. The molecule has 4 aliphatic heterocycles. The molecule has 9 heteroatoms. The summed E-state index contributed by atoms with van der Waals surface area (Å²) in [4.78, 5) is 28.6. The van der Waals surface area contributed by atoms with Gasteiger partial charge in [0.1, 0.15) is 5.60 Å². The lowest BCUT2D eigenvalue weighted by atomic mass is 9.77. The van der Waals surface area contributed by atoms with Crippen molar-refractivity contribution >= 4 is 17.5 Å². The molecule has 2 bridgehead atoms. The standard InChI is InChI=1S/C25H24N2O7/c1-30-16-6-4-15(10-19(16)31-2)26-23(28)21-18-7-8-25(34-18)12-27(24(29)22(21)25)11-14-3-5-17-20(9-14)33-13-32-17/h3-10,18,21-22H,11-13H2,1-2H3,(H,26,28)/t18-,21?,22-,25+/m0/s1. The van der Waals surface area contributed by atoms with Gasteiger partial charge >= 0.3 is 0 Å². The van der Waals surface area contributed by atoms with Crippen LogP contribution in [0.2, 0.25) is 0 Å². The fourth-order valence-corrected chi connectivity index (χ4v) is 5.41. The second-order valence-corrected chi connectivity index (χ2v) is 8.84. The van der Waals surface area contributed by atoms with Crippen LogP contribution in [0.4, 0.5) is 5.69 Å². The molecule has 2 aromatic carbocycles. The largest absolute Gasteiger partial charge is 0.493 e. The molecule has 6 rings (SSSR count). The van der Waals surface area contributed by atoms with Crippen LogP contribution in [0.3, 0.4) is 0 Å². The van der Waals surface area contributed by atoms with Crippen LogP contribution in [-0.4, -0.2) is 56.0 Å². The highest BCUT2D eigenvalue weighted by Gasteiger charge is 2.66. The lowest BCUT2D eigenvalue weighted by Gasteiger charge is -2.23. The fourth-order valence-electron chi connectivity index (χ4n) is 5.41. The first kappa shape index (κ1) is 20.9. The van der Waals surface area contributed by atoms with Crippen LogP contribution >= 0.6 is 0 Å². The van der Waals surface area contributed by atoms with Gasteiger partial charge in [-0.2, -0.15) is 0 Å². The van der Waals surface area contributed by atoms with E-state index in [9.17, 15) is 9.59 Å². The lowest BCUT2D eigenvalue weighted by molar-refractivity contribution is -0.136. The second kappa shape index (κ2) is 7.66. The molecule has 176 valence electrons. The average molecular weight is 464 g/mol. The van der Waals surface area contributed by atoms with Gasteiger partial charge < -0.3 is 33.9 Å². The molecular weight excluding hydrogens is 440 g/mol. The number of nitrogens with one attached hydrogen (secondary N) is 1. The molecule has 4 atom stereocenters. The van der Waals surface area contributed by atoms with Crippen molar-refractivity contribution in [3.8, 4) is 23.0 Å². The Bertz CT molecular complexity index is 1210. The molecule has 0 saturated carbocycles. The van der Waals surface area contributed by atoms with Crippen LogP contribution in [0.15, 0.2) is 48.6 Å². The zero-order valence-electron chi connectivity index (χ0n) is 18.8. The fraction of sp³-hybridized carbons (Fsp3) is 0.360. The van der Waals surface area contributed by atoms with Crippen molar-refractivity contribution in [2.24, 2.45) is 11.8 Å². The van der Waals surface area contributed by atoms with Gasteiger partial charge in [0.25, 0.3) is 0 Å². The molecule has 1 spiro atoms. The zero-order chi connectivity index (χ0) is 23.4. The molecule has 0 aromatic heterocycles. The predicted molar refractivity (Wildman–Crippen MR) is 120 cm³/mol. The van der Waals surface area contributed by atoms with E-state index in [1.807, 2.05) is 30.4 Å². The zero-order valence-corrected chi connectivity index (χ0v) is 18.8. The maximum atomic E-state index is 13.5. The Morgan fingerprint density at radius 2 is 1.94 bits per heavy atom. The Kier molecular flexibility index (Phi) is 4.70. The van der Waals surface area contributed by atoms with Crippen LogP contribution < -0.4 is 24.3 Å². The number of anilines is 1. The van der Waals surface area contributed by atoms with Crippen LogP contribution in [-0.2, 0) is 20.9 Å². The Balaban J connectivity index is 1.21. The number of amides is 2. The van der Waals surface area contributed by atoms with Crippen molar-refractivity contribution in [3.63, 3.8) is 0 Å². The number of nitrogens with zero attached hydrogens (tertiary/aromatic N) is 1. The Morgan fingerprint density at radius 3 is 2.76 bits per heavy atom. The van der Waals surface area contributed by atoms with Crippen molar-refractivity contribution in [2.75, 3.05) is 32.9 Å². The van der Waals surface area contributed by atoms with Crippen molar-refractivity contribution in [1.82, 2.24) is 4.90 Å². The Labute approximate surface area is 196 Å². The van der Waals surface area contributed by atoms with Crippen molar-refractivity contribution < 1.29 is 33.3 Å². The smallest absolute Gasteiger partial charge is 0.231 e. The van der Waals surface area contributed by atoms with Crippen LogP contribution in [0, 0.1) is 11.8 Å². The molecule has 34 heavy (non-hydrogen) atoms. The molecule has 1 N–H and O–H groups in total. The third kappa shape index (κ3) is 3.11. The van der Waals surface area contributed by atoms with E-state index in [2.05, 4.69) is 5.32 Å². The van der Waals surface area contributed by atoms with E-state index in [0.717, 1.165) is 5.56 Å². The van der Waals surface area contributed by atoms with Gasteiger partial charge in [-0.25, -0.2) is 0 Å². The SMILES string of the molecule is COc1ccc(NC(=O)C2[C@@H]3C=C[C@]4(CN(Cc5ccc6c(c5)OCO6)C(=O)[C@H]24)O3)cc1OC. The minimum Gasteiger partial charge on any atom is -0.493 e. The molecule has 2 fully saturated rings. The number of rotatable bonds is 6. The van der Waals surface area contributed by atoms with Gasteiger partial charge in [-0.05, 0) is 29.8 Å². The number of carbonyl (C=O) groups excluding carboxylic acids is 2. The highest BCUT2D eigenvalue weighted by atomic mass is 16.7. The molecule has 0 radical (unpaired) electrons. The first-order valence-corrected chi connectivity index (χ1v) is 11.1. The van der Waals surface area contributed by atoms with E-state index in [4.69, 9.17) is 23.7 Å². The van der Waals surface area contributed by atoms with Crippen LogP contribution in [0.5, 0.6) is 23.0 Å². The van der Waals surface area contributed by atoms with E-state index in [1.165, 1.54) is 7.11 Å². The summed E-state index contributed by atoms with van der Waals surface area (Å²) in [5.74, 6) is 0.909. The van der Waals surface area contributed by atoms with Gasteiger partial charge in [-0.3, -0.25) is 9.59 Å². The summed E-state index contributed by atoms with van der Waals surface area (Å²) < 4.78 is 27.6. The maximum Gasteiger partial charge on any atom is 0.231 e. The summed E-state index contributed by atoms with van der Waals surface area (Å²) in [5.41, 5.74) is 0.711. The molecule has 0 aliphatic carbocycles. The quantitative estimate of drug-likeness (QED) is 0.656. The first-order chi connectivity index (χ1) is 16.5. The normalized spacial score (nSPS) is 27.8. The molecule has 2 saturated heterocycles. The maximum absolute atomic E-state index is 13.5. The molecule has 2 aromatic rings. The van der Waals surface area contributed by atoms with E-state index >= 15 is 0 Å². The van der Waals surface area contributed by atoms with Crippen LogP contribution in [0.1, 0.15) is 5.56 Å². The average Bonchev–Trinajstić information content (AvgIpc) is 3.60. The second-order valence-electron chi connectivity index (χ2n) is 8.84. The summed E-state index contributed by atoms with van der Waals surface area (Å²) in [6.07, 6.45) is 3.41. The molecule has 1 unspecified atom stereocenters. The third-order valence-corrected chi connectivity index (χ3v) is 6.94. The van der Waals surface area contributed by atoms with Crippen molar-refractivity contribution in [3.05, 3.63) is 54.1 Å². The van der Waals surface area contributed by atoms with E-state index in [1.54, 1.807) is 30.2 Å². The molecule has 2 amide bonds. The monoisotopic (exact) mass is 464 g/mol. The summed E-state index contributed by atoms with van der Waals surface area (Å²) in [7, 11) is 3.09. The number of hydrogen-bond donors (Lipinski definition) is 1. The molecule has 9 nitrogen and oxygen atoms in total. The van der Waals surface area contributed by atoms with Crippen molar-refractivity contribution in [1.29, 1.82) is 0 Å². The van der Waals surface area contributed by atoms with Gasteiger partial charge in [-0.15, -0.1) is 0 Å². The van der Waals surface area contributed by atoms with Gasteiger partial charge in [0.2, 0.25) is 18.6 Å². The van der Waals surface area contributed by atoms with Gasteiger partial charge in [0, 0.05) is 18.3 Å². The first-order valence-electron chi connectivity index (χ1n) is 11.1. The Morgan fingerprint density at radius 1 is 1.12 bits per heavy atom. The highest BCUT2D eigenvalue weighted by molar-refractivity contribution is 5.99. The number of benzene rings is 2. The van der Waals surface area contributed by atoms with E-state index in [-0.39, 0.29) is 18.6 Å². The van der Waals surface area contributed by atoms with Gasteiger partial charge in [0.15, 0.2) is 23.0 Å². The summed E-state index contributed by atoms with van der Waals surface area (Å²) >= 11 is 0. The minimum atomic E-state index is -0.780. The predicted octanol–water partition coefficient (Wildman–Crippen LogP) is 2.35. The lowest BCUT2D eigenvalue weighted by Crippen LogP contribution is -2.41. The van der Waals surface area contributed by atoms with Gasteiger partial charge in [0.05, 0.1) is 38.7 Å². The van der Waals surface area contributed by atoms with Gasteiger partial charge in [-0.1, -0.05) is 18.2 Å². The summed E-state index contributed by atoms with van der Waals surface area (Å²) in [5, 5.41) is 2.93. The highest BCUT2D eigenvalue weighted by Crippen LogP contribution is 2.52. The number of carbonyl (C=O) groups is 2. The van der Waals surface area contributed by atoms with Crippen molar-refractivity contribution in [2.45, 2.75) is 18.2 Å². The summed E-state index contributed by atoms with van der Waals surface area (Å²) in [6, 6.07) is 10.8. The number of ether oxygens (including phenoxy) is 5.